The molecule has 0 heterocycles. The maximum Gasteiger partial charge on any atom is 0.0178 e. The standard InChI is InChI=1S/C17H27BrN2/c1-14-5-6-16(18)11-15(14)7-10-20(3)13-17(12-19-2)8-4-9-17/h5-6,11,19H,4,7-10,12-13H2,1-3H3. The third-order valence-corrected chi connectivity index (χ3v) is 5.14. The summed E-state index contributed by atoms with van der Waals surface area (Å²) < 4.78 is 1.19. The minimum Gasteiger partial charge on any atom is -0.319 e. The van der Waals surface area contributed by atoms with E-state index in [2.05, 4.69) is 65.4 Å². The number of nitrogens with zero attached hydrogens (tertiary/aromatic N) is 1. The topological polar surface area (TPSA) is 15.3 Å². The number of halogens is 1. The van der Waals surface area contributed by atoms with Crippen molar-refractivity contribution in [3.8, 4) is 0 Å². The SMILES string of the molecule is CNCC1(CN(C)CCc2cc(Br)ccc2C)CCC1. The molecule has 1 aliphatic rings. The minimum absolute atomic E-state index is 0.538. The Hall–Kier alpha value is -0.380. The molecule has 1 aromatic rings. The van der Waals surface area contributed by atoms with E-state index in [0.29, 0.717) is 5.41 Å². The molecule has 2 rings (SSSR count). The van der Waals surface area contributed by atoms with Gasteiger partial charge >= 0.3 is 0 Å². The van der Waals surface area contributed by atoms with Crippen molar-refractivity contribution >= 4 is 15.9 Å². The van der Waals surface area contributed by atoms with Crippen LogP contribution in [-0.2, 0) is 6.42 Å². The Bertz CT molecular complexity index is 441. The Morgan fingerprint density at radius 1 is 1.35 bits per heavy atom. The third-order valence-electron chi connectivity index (χ3n) is 4.65. The van der Waals surface area contributed by atoms with Crippen LogP contribution in [0.4, 0.5) is 0 Å². The normalized spacial score (nSPS) is 17.2. The van der Waals surface area contributed by atoms with E-state index < -0.39 is 0 Å². The van der Waals surface area contributed by atoms with Crippen molar-refractivity contribution < 1.29 is 0 Å². The number of likely N-dealkylation sites (N-methyl/N-ethyl adjacent to an activating group) is 1. The Morgan fingerprint density at radius 2 is 2.10 bits per heavy atom. The highest BCUT2D eigenvalue weighted by molar-refractivity contribution is 9.10. The summed E-state index contributed by atoms with van der Waals surface area (Å²) >= 11 is 3.57. The van der Waals surface area contributed by atoms with Crippen molar-refractivity contribution in [1.29, 1.82) is 0 Å². The van der Waals surface area contributed by atoms with Crippen LogP contribution in [0.3, 0.4) is 0 Å². The highest BCUT2D eigenvalue weighted by Crippen LogP contribution is 2.40. The van der Waals surface area contributed by atoms with E-state index in [1.54, 1.807) is 0 Å². The maximum atomic E-state index is 3.57. The van der Waals surface area contributed by atoms with E-state index in [1.165, 1.54) is 41.4 Å². The zero-order chi connectivity index (χ0) is 14.6. The average Bonchev–Trinajstić information content (AvgIpc) is 2.37. The van der Waals surface area contributed by atoms with E-state index in [-0.39, 0.29) is 0 Å². The molecule has 1 fully saturated rings. The fourth-order valence-corrected chi connectivity index (χ4v) is 3.72. The van der Waals surface area contributed by atoms with Crippen LogP contribution in [0.1, 0.15) is 30.4 Å². The van der Waals surface area contributed by atoms with Gasteiger partial charge in [-0.25, -0.2) is 0 Å². The molecule has 1 aromatic carbocycles. The smallest absolute Gasteiger partial charge is 0.0178 e. The second-order valence-corrected chi connectivity index (χ2v) is 7.36. The molecule has 1 aliphatic carbocycles. The molecule has 0 bridgehead atoms. The summed E-state index contributed by atoms with van der Waals surface area (Å²) in [5.74, 6) is 0. The molecular formula is C17H27BrN2. The van der Waals surface area contributed by atoms with Crippen molar-refractivity contribution in [2.45, 2.75) is 32.6 Å². The van der Waals surface area contributed by atoms with Gasteiger partial charge in [-0.1, -0.05) is 28.4 Å². The lowest BCUT2D eigenvalue weighted by molar-refractivity contribution is 0.0803. The van der Waals surface area contributed by atoms with Gasteiger partial charge in [-0.05, 0) is 69.0 Å². The molecule has 0 amide bonds. The van der Waals surface area contributed by atoms with Crippen LogP contribution in [0, 0.1) is 12.3 Å². The van der Waals surface area contributed by atoms with Crippen molar-refractivity contribution in [2.24, 2.45) is 5.41 Å². The van der Waals surface area contributed by atoms with E-state index in [1.807, 2.05) is 0 Å². The molecule has 2 nitrogen and oxygen atoms in total. The molecular weight excluding hydrogens is 312 g/mol. The molecule has 112 valence electrons. The molecule has 0 spiro atoms. The largest absolute Gasteiger partial charge is 0.319 e. The molecule has 3 heteroatoms. The van der Waals surface area contributed by atoms with E-state index in [9.17, 15) is 0 Å². The molecule has 20 heavy (non-hydrogen) atoms. The summed E-state index contributed by atoms with van der Waals surface area (Å²) in [6, 6.07) is 6.59. The van der Waals surface area contributed by atoms with Gasteiger partial charge in [0.1, 0.15) is 0 Å². The monoisotopic (exact) mass is 338 g/mol. The Kier molecular flexibility index (Phi) is 5.65. The molecule has 0 unspecified atom stereocenters. The highest BCUT2D eigenvalue weighted by Gasteiger charge is 2.36. The predicted octanol–water partition coefficient (Wildman–Crippen LogP) is 3.62. The lowest BCUT2D eigenvalue weighted by Crippen LogP contribution is -2.47. The van der Waals surface area contributed by atoms with Crippen LogP contribution in [0.5, 0.6) is 0 Å². The average molecular weight is 339 g/mol. The molecule has 0 aromatic heterocycles. The number of rotatable bonds is 7. The Balaban J connectivity index is 1.85. The summed E-state index contributed by atoms with van der Waals surface area (Å²) in [6.45, 7) is 5.73. The number of aryl methyl sites for hydroxylation is 1. The zero-order valence-electron chi connectivity index (χ0n) is 13.0. The van der Waals surface area contributed by atoms with Gasteiger partial charge in [0.2, 0.25) is 0 Å². The summed E-state index contributed by atoms with van der Waals surface area (Å²) in [7, 11) is 4.34. The van der Waals surface area contributed by atoms with Gasteiger partial charge < -0.3 is 10.2 Å². The third kappa shape index (κ3) is 4.06. The summed E-state index contributed by atoms with van der Waals surface area (Å²) in [5, 5.41) is 3.37. The quantitative estimate of drug-likeness (QED) is 0.816. The van der Waals surface area contributed by atoms with Gasteiger partial charge in [0, 0.05) is 24.1 Å². The summed E-state index contributed by atoms with van der Waals surface area (Å²) in [4.78, 5) is 2.51. The Labute approximate surface area is 132 Å². The lowest BCUT2D eigenvalue weighted by atomic mass is 9.68. The van der Waals surface area contributed by atoms with Crippen molar-refractivity contribution in [1.82, 2.24) is 10.2 Å². The van der Waals surface area contributed by atoms with Crippen LogP contribution in [0.25, 0.3) is 0 Å². The van der Waals surface area contributed by atoms with Gasteiger partial charge in [-0.3, -0.25) is 0 Å². The first-order valence-electron chi connectivity index (χ1n) is 7.63. The number of hydrogen-bond acceptors (Lipinski definition) is 2. The minimum atomic E-state index is 0.538. The maximum absolute atomic E-state index is 3.57. The van der Waals surface area contributed by atoms with Gasteiger partial charge in [0.15, 0.2) is 0 Å². The second-order valence-electron chi connectivity index (χ2n) is 6.44. The fourth-order valence-electron chi connectivity index (χ4n) is 3.31. The Morgan fingerprint density at radius 3 is 2.70 bits per heavy atom. The van der Waals surface area contributed by atoms with Gasteiger partial charge in [-0.15, -0.1) is 0 Å². The molecule has 1 saturated carbocycles. The molecule has 0 saturated heterocycles. The van der Waals surface area contributed by atoms with E-state index in [4.69, 9.17) is 0 Å². The van der Waals surface area contributed by atoms with Crippen molar-refractivity contribution in [3.05, 3.63) is 33.8 Å². The summed E-state index contributed by atoms with van der Waals surface area (Å²) in [5.41, 5.74) is 3.40. The van der Waals surface area contributed by atoms with Crippen LogP contribution in [0.15, 0.2) is 22.7 Å². The van der Waals surface area contributed by atoms with Crippen LogP contribution in [0.2, 0.25) is 0 Å². The lowest BCUT2D eigenvalue weighted by Gasteiger charge is -2.44. The van der Waals surface area contributed by atoms with E-state index in [0.717, 1.165) is 19.5 Å². The number of benzene rings is 1. The van der Waals surface area contributed by atoms with Gasteiger partial charge in [-0.2, -0.15) is 0 Å². The first-order valence-corrected chi connectivity index (χ1v) is 8.42. The predicted molar refractivity (Wildman–Crippen MR) is 90.3 cm³/mol. The van der Waals surface area contributed by atoms with Gasteiger partial charge in [0.25, 0.3) is 0 Å². The van der Waals surface area contributed by atoms with Crippen LogP contribution in [-0.4, -0.2) is 38.6 Å². The first kappa shape index (κ1) is 16.0. The molecule has 1 N–H and O–H groups in total. The molecule has 0 aliphatic heterocycles. The van der Waals surface area contributed by atoms with Crippen molar-refractivity contribution in [2.75, 3.05) is 33.7 Å². The molecule has 0 radical (unpaired) electrons. The second kappa shape index (κ2) is 7.06. The zero-order valence-corrected chi connectivity index (χ0v) is 14.6. The highest BCUT2D eigenvalue weighted by atomic mass is 79.9. The van der Waals surface area contributed by atoms with Crippen LogP contribution < -0.4 is 5.32 Å². The summed E-state index contributed by atoms with van der Waals surface area (Å²) in [6.07, 6.45) is 5.31. The van der Waals surface area contributed by atoms with Gasteiger partial charge in [0.05, 0.1) is 0 Å². The molecule has 0 atom stereocenters. The fraction of sp³-hybridized carbons (Fsp3) is 0.647. The van der Waals surface area contributed by atoms with Crippen molar-refractivity contribution in [3.63, 3.8) is 0 Å². The first-order chi connectivity index (χ1) is 9.54. The number of nitrogens with one attached hydrogen (secondary N) is 1. The van der Waals surface area contributed by atoms with Crippen LogP contribution >= 0.6 is 15.9 Å². The van der Waals surface area contributed by atoms with E-state index >= 15 is 0 Å². The number of hydrogen-bond donors (Lipinski definition) is 1.